The summed E-state index contributed by atoms with van der Waals surface area (Å²) >= 11 is 0. The van der Waals surface area contributed by atoms with Crippen molar-refractivity contribution in [3.8, 4) is 0 Å². The van der Waals surface area contributed by atoms with Crippen LogP contribution in [0.1, 0.15) is 139 Å². The number of hydrogen-bond acceptors (Lipinski definition) is 21. The maximum atomic E-state index is 14.3. The van der Waals surface area contributed by atoms with Crippen LogP contribution in [0.25, 0.3) is 0 Å². The Hall–Kier alpha value is -9.75. The van der Waals surface area contributed by atoms with Gasteiger partial charge in [-0.2, -0.15) is 0 Å². The van der Waals surface area contributed by atoms with Crippen LogP contribution in [0.5, 0.6) is 0 Å². The number of carboxylic acid groups (broad SMARTS) is 1. The third-order valence-corrected chi connectivity index (χ3v) is 15.4. The van der Waals surface area contributed by atoms with Crippen LogP contribution in [0.2, 0.25) is 0 Å². The fourth-order valence-corrected chi connectivity index (χ4v) is 9.67. The molecule has 23 N–H and O–H groups in total. The molecular formula is C67H107N17O20. The molecule has 0 fully saturated rings. The molecule has 0 aliphatic rings. The number of aldehydes is 1. The van der Waals surface area contributed by atoms with E-state index in [1.807, 2.05) is 0 Å². The highest BCUT2D eigenvalue weighted by molar-refractivity contribution is 6.01. The molecule has 0 unspecified atom stereocenters. The molecule has 0 aliphatic heterocycles. The summed E-state index contributed by atoms with van der Waals surface area (Å²) in [4.78, 5) is 222. The normalized spacial score (nSPS) is 14.3. The van der Waals surface area contributed by atoms with Crippen LogP contribution in [0.15, 0.2) is 30.3 Å². The number of amides is 15. The van der Waals surface area contributed by atoms with Crippen molar-refractivity contribution in [2.24, 2.45) is 40.9 Å². The van der Waals surface area contributed by atoms with Gasteiger partial charge in [-0.25, -0.2) is 4.79 Å². The number of carbonyl (C=O) groups is 17. The van der Waals surface area contributed by atoms with Gasteiger partial charge in [0, 0.05) is 25.7 Å². The Morgan fingerprint density at radius 2 is 0.894 bits per heavy atom. The number of aliphatic hydroxyl groups is 2. The molecule has 104 heavy (non-hydrogen) atoms. The first-order valence-electron chi connectivity index (χ1n) is 34.2. The van der Waals surface area contributed by atoms with Crippen molar-refractivity contribution in [1.29, 1.82) is 0 Å². The van der Waals surface area contributed by atoms with Crippen molar-refractivity contribution in [2.75, 3.05) is 26.2 Å². The van der Waals surface area contributed by atoms with Crippen molar-refractivity contribution in [1.82, 2.24) is 74.4 Å². The number of carbonyl (C=O) groups excluding carboxylic acids is 16. The van der Waals surface area contributed by atoms with Crippen molar-refractivity contribution >= 4 is 101 Å². The number of nitrogens with two attached hydrogens (primary N) is 3. The fraction of sp³-hybridized carbons (Fsp3) is 0.597. The molecule has 11 atom stereocenters. The number of aliphatic hydroxyl groups excluding tert-OH is 2. The quantitative estimate of drug-likeness (QED) is 0.0213. The fourth-order valence-electron chi connectivity index (χ4n) is 9.67. The lowest BCUT2D eigenvalue weighted by Crippen LogP contribution is -2.61. The number of rotatable bonds is 52. The van der Waals surface area contributed by atoms with E-state index in [0.717, 1.165) is 19.9 Å². The summed E-state index contributed by atoms with van der Waals surface area (Å²) in [6.45, 7) is 14.5. The van der Waals surface area contributed by atoms with Gasteiger partial charge in [-0.3, -0.25) is 71.9 Å². The second-order valence-corrected chi connectivity index (χ2v) is 25.9. The zero-order valence-corrected chi connectivity index (χ0v) is 60.3. The van der Waals surface area contributed by atoms with Gasteiger partial charge in [0.2, 0.25) is 88.6 Å². The first kappa shape index (κ1) is 92.3. The minimum Gasteiger partial charge on any atom is -0.480 e. The molecule has 37 nitrogen and oxygen atoms in total. The van der Waals surface area contributed by atoms with E-state index in [2.05, 4.69) is 74.4 Å². The second kappa shape index (κ2) is 49.8. The lowest BCUT2D eigenvalue weighted by atomic mass is 9.99. The summed E-state index contributed by atoms with van der Waals surface area (Å²) in [5, 5.41) is 64.2. The summed E-state index contributed by atoms with van der Waals surface area (Å²) in [7, 11) is 0. The van der Waals surface area contributed by atoms with E-state index in [9.17, 15) is 96.8 Å². The Labute approximate surface area is 605 Å². The molecule has 0 spiro atoms. The Kier molecular flexibility index (Phi) is 44.2. The van der Waals surface area contributed by atoms with Gasteiger partial charge >= 0.3 is 5.97 Å². The third-order valence-electron chi connectivity index (χ3n) is 15.4. The summed E-state index contributed by atoms with van der Waals surface area (Å²) in [5.74, 6) is -17.5. The minimum atomic E-state index is -1.75. The molecule has 1 aromatic rings. The van der Waals surface area contributed by atoms with Crippen molar-refractivity contribution in [2.45, 2.75) is 206 Å². The minimum absolute atomic E-state index is 0.0443. The Bertz CT molecular complexity index is 3030. The smallest absolute Gasteiger partial charge is 0.326 e. The van der Waals surface area contributed by atoms with Crippen molar-refractivity contribution in [3.05, 3.63) is 62.0 Å². The van der Waals surface area contributed by atoms with Gasteiger partial charge in [-0.15, -0.1) is 0 Å². The van der Waals surface area contributed by atoms with E-state index in [0.29, 0.717) is 37.8 Å². The molecular weight excluding hydrogens is 1360 g/mol. The Balaban J connectivity index is 3.21. The van der Waals surface area contributed by atoms with Crippen LogP contribution >= 0.6 is 0 Å². The van der Waals surface area contributed by atoms with Crippen molar-refractivity contribution < 1.29 is 96.8 Å². The molecule has 580 valence electrons. The van der Waals surface area contributed by atoms with E-state index in [1.54, 1.807) is 85.7 Å². The SMILES string of the molecule is CC(C)C[C@H](NC(=O)[C@H](CO)NC(=O)[C@H](CCCCN)NC(=O)[C@H](CCCCN)NC(=O)[C@@H](NC(=O)CNC(=O)[C@@H](NC(=O)[CH]NC(=O)[C@@H](NC(=O)[C@@H](NC(=O)[CH]NC(=O)[CH]NC(=O)[CH]CCC=O)C(C)C)C(C)C)[C@@H](C)O)C(C)C)C(=O)N[C@@H](Cc1ccccc1)C(=O)N[C@@H](CCC(N)=O)C(=O)O. The number of carboxylic acids is 1. The van der Waals surface area contributed by atoms with Gasteiger partial charge < -0.3 is 112 Å². The van der Waals surface area contributed by atoms with E-state index in [1.165, 1.54) is 0 Å². The van der Waals surface area contributed by atoms with Crippen molar-refractivity contribution in [3.63, 3.8) is 0 Å². The number of hydrogen-bond donors (Lipinski definition) is 20. The standard InChI is InChI=1S/C67H107N17O20/c1-36(2)29-45(60(96)79-46(30-41-19-11-10-12-20-41)61(97)77-44(67(103)104)24-25-48(70)88)78-62(98)47(35-86)80-59(95)42(21-13-16-26-68)75-58(94)43(22-14-17-27-69)76-65(101)55(38(5)6)82-52(92)33-74-64(100)57(40(9)87)83-53(93)34-73-63(99)54(37(3)4)84-66(102)56(39(7)8)81-51(91)32-72-50(90)31-71-49(89)23-15-18-28-85/h10-12,19-20,23,28,31-32,34,36-40,42-47,54-57,86-87H,13-18,21-22,24-27,29-30,33,35,68-69H2,1-9H3,(H2,70,88)(H,71,89)(H,72,90)(H,73,99)(H,74,100)(H,75,94)(H,76,101)(H,77,97)(H,78,98)(H,79,96)(H,80,95)(H,81,91)(H,82,92)(H,83,93)(H,84,102)(H,103,104)/t40-,42+,43+,44+,45+,46+,47+,54+,55+,56+,57+/m1/s1. The summed E-state index contributed by atoms with van der Waals surface area (Å²) in [5.41, 5.74) is 17.3. The number of primary amides is 1. The monoisotopic (exact) mass is 1470 g/mol. The van der Waals surface area contributed by atoms with E-state index < -0.39 is 192 Å². The van der Waals surface area contributed by atoms with E-state index in [4.69, 9.17) is 17.2 Å². The maximum Gasteiger partial charge on any atom is 0.326 e. The summed E-state index contributed by atoms with van der Waals surface area (Å²) < 4.78 is 0. The molecule has 1 rings (SSSR count). The molecule has 0 aliphatic carbocycles. The van der Waals surface area contributed by atoms with Crippen LogP contribution < -0.4 is 91.6 Å². The first-order chi connectivity index (χ1) is 49.0. The van der Waals surface area contributed by atoms with Crippen LogP contribution in [-0.2, 0) is 87.9 Å². The highest BCUT2D eigenvalue weighted by Crippen LogP contribution is 2.14. The number of nitrogens with one attached hydrogen (secondary N) is 14. The van der Waals surface area contributed by atoms with Gasteiger partial charge in [0.25, 0.3) is 0 Å². The van der Waals surface area contributed by atoms with Crippen LogP contribution in [0, 0.1) is 49.7 Å². The zero-order chi connectivity index (χ0) is 78.8. The predicted molar refractivity (Wildman–Crippen MR) is 374 cm³/mol. The molecule has 0 bridgehead atoms. The van der Waals surface area contributed by atoms with Crippen LogP contribution in [-0.4, -0.2) is 209 Å². The Morgan fingerprint density at radius 3 is 1.40 bits per heavy atom. The molecule has 0 saturated carbocycles. The van der Waals surface area contributed by atoms with Gasteiger partial charge in [0.1, 0.15) is 86.3 Å². The molecule has 15 amide bonds. The Morgan fingerprint density at radius 1 is 0.452 bits per heavy atom. The van der Waals surface area contributed by atoms with Gasteiger partial charge in [0.15, 0.2) is 0 Å². The highest BCUT2D eigenvalue weighted by atomic mass is 16.4. The van der Waals surface area contributed by atoms with Gasteiger partial charge in [-0.1, -0.05) is 85.7 Å². The average molecular weight is 1470 g/mol. The second-order valence-electron chi connectivity index (χ2n) is 25.9. The van der Waals surface area contributed by atoms with Gasteiger partial charge in [0.05, 0.1) is 19.3 Å². The summed E-state index contributed by atoms with van der Waals surface area (Å²) in [6, 6.07) is -6.35. The topological polar surface area (TPSA) is 597 Å². The molecule has 1 aromatic carbocycles. The zero-order valence-electron chi connectivity index (χ0n) is 60.3. The van der Waals surface area contributed by atoms with Crippen LogP contribution in [0.3, 0.4) is 0 Å². The lowest BCUT2D eigenvalue weighted by molar-refractivity contribution is -0.142. The number of unbranched alkanes of at least 4 members (excludes halogenated alkanes) is 3. The summed E-state index contributed by atoms with van der Waals surface area (Å²) in [6.07, 6.45) is 0.594. The van der Waals surface area contributed by atoms with E-state index in [-0.39, 0.29) is 83.2 Å². The average Bonchev–Trinajstić information content (AvgIpc) is 0.863. The van der Waals surface area contributed by atoms with Gasteiger partial charge in [-0.05, 0) is 107 Å². The molecule has 4 radical (unpaired) electrons. The molecule has 0 aromatic heterocycles. The van der Waals surface area contributed by atoms with E-state index >= 15 is 0 Å². The number of benzene rings is 1. The molecule has 37 heteroatoms. The maximum absolute atomic E-state index is 14.3. The molecule has 0 heterocycles. The predicted octanol–water partition coefficient (Wildman–Crippen LogP) is -5.79. The number of aliphatic carboxylic acids is 1. The first-order valence-corrected chi connectivity index (χ1v) is 34.2. The third kappa shape index (κ3) is 36.9. The largest absolute Gasteiger partial charge is 0.480 e. The van der Waals surface area contributed by atoms with Crippen LogP contribution in [0.4, 0.5) is 0 Å². The highest BCUT2D eigenvalue weighted by Gasteiger charge is 2.37. The lowest BCUT2D eigenvalue weighted by Gasteiger charge is -2.28. The molecule has 0 saturated heterocycles.